The fraction of sp³-hybridized carbons (Fsp3) is 0.533. The highest BCUT2D eigenvalue weighted by Crippen LogP contribution is 2.31. The number of aliphatic hydroxyl groups is 1. The summed E-state index contributed by atoms with van der Waals surface area (Å²) in [4.78, 5) is 11.6. The zero-order valence-electron chi connectivity index (χ0n) is 12.9. The highest BCUT2D eigenvalue weighted by molar-refractivity contribution is 5.68. The molecule has 0 heterocycles. The lowest BCUT2D eigenvalue weighted by atomic mass is 10.0. The number of hydrogen-bond donors (Lipinski definition) is 2. The molecule has 1 aromatic rings. The lowest BCUT2D eigenvalue weighted by Gasteiger charge is -2.24. The van der Waals surface area contributed by atoms with Crippen LogP contribution in [0.25, 0.3) is 0 Å². The van der Waals surface area contributed by atoms with Crippen molar-refractivity contribution in [2.24, 2.45) is 0 Å². The number of ether oxygens (including phenoxy) is 1. The van der Waals surface area contributed by atoms with Crippen LogP contribution in [-0.2, 0) is 10.9 Å². The molecule has 124 valence electrons. The molecule has 0 aliphatic heterocycles. The Morgan fingerprint density at radius 1 is 1.27 bits per heavy atom. The second-order valence-corrected chi connectivity index (χ2v) is 6.00. The predicted octanol–water partition coefficient (Wildman–Crippen LogP) is 3.65. The van der Waals surface area contributed by atoms with Gasteiger partial charge in [-0.2, -0.15) is 13.2 Å². The van der Waals surface area contributed by atoms with Crippen molar-refractivity contribution in [1.29, 1.82) is 0 Å². The maximum absolute atomic E-state index is 12.7. The van der Waals surface area contributed by atoms with E-state index in [4.69, 9.17) is 4.74 Å². The van der Waals surface area contributed by atoms with Crippen molar-refractivity contribution < 1.29 is 27.8 Å². The Morgan fingerprint density at radius 3 is 2.36 bits per heavy atom. The van der Waals surface area contributed by atoms with E-state index in [0.717, 1.165) is 12.1 Å². The lowest BCUT2D eigenvalue weighted by Crippen LogP contribution is -2.40. The molecule has 0 spiro atoms. The lowest BCUT2D eigenvalue weighted by molar-refractivity contribution is -0.137. The molecule has 7 heteroatoms. The van der Waals surface area contributed by atoms with E-state index in [0.29, 0.717) is 0 Å². The van der Waals surface area contributed by atoms with Crippen molar-refractivity contribution in [1.82, 2.24) is 5.32 Å². The van der Waals surface area contributed by atoms with Crippen molar-refractivity contribution in [3.63, 3.8) is 0 Å². The van der Waals surface area contributed by atoms with Crippen LogP contribution in [-0.4, -0.2) is 22.8 Å². The van der Waals surface area contributed by atoms with Crippen molar-refractivity contribution in [3.8, 4) is 0 Å². The summed E-state index contributed by atoms with van der Waals surface area (Å²) in [6, 6.07) is 3.55. The second kappa shape index (κ2) is 6.56. The van der Waals surface area contributed by atoms with Crippen LogP contribution in [0.15, 0.2) is 24.3 Å². The van der Waals surface area contributed by atoms with E-state index in [9.17, 15) is 23.1 Å². The minimum atomic E-state index is -4.49. The first-order valence-electron chi connectivity index (χ1n) is 6.75. The summed E-state index contributed by atoms with van der Waals surface area (Å²) < 4.78 is 43.0. The van der Waals surface area contributed by atoms with Gasteiger partial charge in [-0.1, -0.05) is 12.1 Å². The van der Waals surface area contributed by atoms with Crippen molar-refractivity contribution in [3.05, 3.63) is 35.4 Å². The van der Waals surface area contributed by atoms with Gasteiger partial charge in [-0.15, -0.1) is 0 Å². The molecule has 22 heavy (non-hydrogen) atoms. The zero-order chi connectivity index (χ0) is 17.1. The normalized spacial score (nSPS) is 15.1. The molecule has 0 fully saturated rings. The molecule has 1 amide bonds. The molecule has 2 N–H and O–H groups in total. The van der Waals surface area contributed by atoms with Gasteiger partial charge in [0.2, 0.25) is 0 Å². The first kappa shape index (κ1) is 18.3. The van der Waals surface area contributed by atoms with E-state index in [2.05, 4.69) is 5.32 Å². The van der Waals surface area contributed by atoms with Gasteiger partial charge in [0.15, 0.2) is 0 Å². The summed E-state index contributed by atoms with van der Waals surface area (Å²) in [6.45, 7) is 6.52. The molecular formula is C15H20F3NO3. The number of halogens is 3. The van der Waals surface area contributed by atoms with Crippen molar-refractivity contribution >= 4 is 6.09 Å². The fourth-order valence-electron chi connectivity index (χ4n) is 1.76. The first-order valence-corrected chi connectivity index (χ1v) is 6.75. The highest BCUT2D eigenvalue weighted by atomic mass is 19.4. The Labute approximate surface area is 127 Å². The zero-order valence-corrected chi connectivity index (χ0v) is 12.9. The average molecular weight is 319 g/mol. The molecule has 4 nitrogen and oxygen atoms in total. The predicted molar refractivity (Wildman–Crippen MR) is 75.2 cm³/mol. The van der Waals surface area contributed by atoms with Crippen LogP contribution < -0.4 is 5.32 Å². The quantitative estimate of drug-likeness (QED) is 0.894. The summed E-state index contributed by atoms with van der Waals surface area (Å²) in [6.07, 6.45) is -6.52. The largest absolute Gasteiger partial charge is 0.444 e. The second-order valence-electron chi connectivity index (χ2n) is 6.00. The molecule has 0 aromatic heterocycles. The van der Waals surface area contributed by atoms with Gasteiger partial charge in [-0.25, -0.2) is 4.79 Å². The van der Waals surface area contributed by atoms with Gasteiger partial charge < -0.3 is 15.2 Å². The Morgan fingerprint density at radius 2 is 1.86 bits per heavy atom. The molecule has 0 aliphatic carbocycles. The minimum Gasteiger partial charge on any atom is -0.444 e. The molecule has 0 saturated heterocycles. The average Bonchev–Trinajstić information content (AvgIpc) is 2.34. The number of aliphatic hydroxyl groups excluding tert-OH is 1. The van der Waals surface area contributed by atoms with Crippen LogP contribution >= 0.6 is 0 Å². The molecular weight excluding hydrogens is 299 g/mol. The third kappa shape index (κ3) is 5.55. The Kier molecular flexibility index (Phi) is 5.45. The van der Waals surface area contributed by atoms with Gasteiger partial charge in [-0.3, -0.25) is 0 Å². The molecule has 2 atom stereocenters. The van der Waals surface area contributed by atoms with Crippen molar-refractivity contribution in [2.75, 3.05) is 0 Å². The van der Waals surface area contributed by atoms with Crippen LogP contribution in [0.1, 0.15) is 44.9 Å². The molecule has 0 aliphatic rings. The number of amides is 1. The van der Waals surface area contributed by atoms with Crippen LogP contribution in [0, 0.1) is 0 Å². The fourth-order valence-corrected chi connectivity index (χ4v) is 1.76. The van der Waals surface area contributed by atoms with Gasteiger partial charge >= 0.3 is 12.3 Å². The maximum Gasteiger partial charge on any atom is 0.416 e. The van der Waals surface area contributed by atoms with Gasteiger partial charge in [0.25, 0.3) is 0 Å². The number of nitrogens with one attached hydrogen (secondary N) is 1. The monoisotopic (exact) mass is 319 g/mol. The molecule has 1 rings (SSSR count). The van der Waals surface area contributed by atoms with Gasteiger partial charge in [-0.05, 0) is 45.4 Å². The van der Waals surface area contributed by atoms with Crippen molar-refractivity contribution in [2.45, 2.75) is 51.6 Å². The molecule has 1 aromatic carbocycles. The number of carbonyl (C=O) groups is 1. The standard InChI is InChI=1S/C15H20F3NO3/c1-9(19-13(21)22-14(2,3)4)12(20)10-6-5-7-11(8-10)15(16,17)18/h5-9,12,20H,1-4H3,(H,19,21)/t9-,12-/m1/s1. The maximum atomic E-state index is 12.7. The summed E-state index contributed by atoms with van der Waals surface area (Å²) in [5.74, 6) is 0. The van der Waals surface area contributed by atoms with Gasteiger partial charge in [0.05, 0.1) is 17.7 Å². The number of alkyl carbamates (subject to hydrolysis) is 1. The van der Waals surface area contributed by atoms with E-state index in [1.165, 1.54) is 19.1 Å². The van der Waals surface area contributed by atoms with E-state index >= 15 is 0 Å². The summed E-state index contributed by atoms with van der Waals surface area (Å²) in [7, 11) is 0. The number of rotatable bonds is 3. The van der Waals surface area contributed by atoms with Crippen LogP contribution in [0.3, 0.4) is 0 Å². The SMILES string of the molecule is C[C@@H](NC(=O)OC(C)(C)C)[C@@H](O)c1cccc(C(F)(F)F)c1. The molecule has 0 saturated carbocycles. The number of carbonyl (C=O) groups excluding carboxylic acids is 1. The van der Waals surface area contributed by atoms with E-state index < -0.39 is 35.6 Å². The number of alkyl halides is 3. The Bertz CT molecular complexity index is 523. The molecule has 0 radical (unpaired) electrons. The third-order valence-electron chi connectivity index (χ3n) is 2.77. The summed E-state index contributed by atoms with van der Waals surface area (Å²) in [5.41, 5.74) is -1.49. The first-order chi connectivity index (χ1) is 9.90. The smallest absolute Gasteiger partial charge is 0.416 e. The van der Waals surface area contributed by atoms with E-state index in [-0.39, 0.29) is 5.56 Å². The van der Waals surface area contributed by atoms with Crippen LogP contribution in [0.2, 0.25) is 0 Å². The number of hydrogen-bond acceptors (Lipinski definition) is 3. The Hall–Kier alpha value is -1.76. The topological polar surface area (TPSA) is 58.6 Å². The number of benzene rings is 1. The van der Waals surface area contributed by atoms with Gasteiger partial charge in [0.1, 0.15) is 5.60 Å². The third-order valence-corrected chi connectivity index (χ3v) is 2.77. The summed E-state index contributed by atoms with van der Waals surface area (Å²) >= 11 is 0. The van der Waals surface area contributed by atoms with E-state index in [1.807, 2.05) is 0 Å². The van der Waals surface area contributed by atoms with Gasteiger partial charge in [0, 0.05) is 0 Å². The summed E-state index contributed by atoms with van der Waals surface area (Å²) in [5, 5.41) is 12.5. The molecule has 0 bridgehead atoms. The van der Waals surface area contributed by atoms with E-state index in [1.54, 1.807) is 20.8 Å². The molecule has 0 unspecified atom stereocenters. The van der Waals surface area contributed by atoms with Crippen LogP contribution in [0.5, 0.6) is 0 Å². The van der Waals surface area contributed by atoms with Crippen LogP contribution in [0.4, 0.5) is 18.0 Å². The highest BCUT2D eigenvalue weighted by Gasteiger charge is 2.31. The Balaban J connectivity index is 2.79. The minimum absolute atomic E-state index is 0.0679.